The molecule has 1 N–H and O–H groups in total. The van der Waals surface area contributed by atoms with E-state index in [1.165, 1.54) is 11.8 Å². The van der Waals surface area contributed by atoms with Crippen LogP contribution in [0.15, 0.2) is 15.0 Å². The minimum atomic E-state index is -0.208. The van der Waals surface area contributed by atoms with Crippen LogP contribution in [0.25, 0.3) is 0 Å². The number of H-pyrrole nitrogens is 1. The Hall–Kier alpha value is -1.34. The van der Waals surface area contributed by atoms with Crippen molar-refractivity contribution in [3.05, 3.63) is 26.8 Å². The molecule has 102 valence electrons. The fourth-order valence-electron chi connectivity index (χ4n) is 1.54. The van der Waals surface area contributed by atoms with Crippen LogP contribution in [-0.4, -0.2) is 25.0 Å². The summed E-state index contributed by atoms with van der Waals surface area (Å²) in [5, 5.41) is 16.1. The standard InChI is InChI=1S/C11H14ClN5OS/c1-4-5-17-10(18)15-16-11(17)19-9-7(3)6(2)8(12)13-14-9/h4-5H2,1-3H3,(H,15,18). The van der Waals surface area contributed by atoms with Crippen LogP contribution in [0.5, 0.6) is 0 Å². The van der Waals surface area contributed by atoms with E-state index in [1.54, 1.807) is 4.57 Å². The first-order valence-corrected chi connectivity index (χ1v) is 7.06. The van der Waals surface area contributed by atoms with Gasteiger partial charge in [0, 0.05) is 6.54 Å². The predicted molar refractivity (Wildman–Crippen MR) is 73.8 cm³/mol. The summed E-state index contributed by atoms with van der Waals surface area (Å²) in [6.45, 7) is 6.44. The molecule has 0 spiro atoms. The zero-order valence-electron chi connectivity index (χ0n) is 10.9. The lowest BCUT2D eigenvalue weighted by molar-refractivity contribution is 0.603. The number of rotatable bonds is 4. The molecule has 2 rings (SSSR count). The molecule has 2 aromatic rings. The van der Waals surface area contributed by atoms with Gasteiger partial charge in [-0.1, -0.05) is 18.5 Å². The minimum Gasteiger partial charge on any atom is -0.270 e. The highest BCUT2D eigenvalue weighted by atomic mass is 35.5. The fourth-order valence-corrected chi connectivity index (χ4v) is 2.66. The van der Waals surface area contributed by atoms with E-state index < -0.39 is 0 Å². The van der Waals surface area contributed by atoms with Gasteiger partial charge < -0.3 is 0 Å². The summed E-state index contributed by atoms with van der Waals surface area (Å²) in [6, 6.07) is 0. The van der Waals surface area contributed by atoms with Gasteiger partial charge in [0.05, 0.1) is 0 Å². The van der Waals surface area contributed by atoms with Gasteiger partial charge in [0.1, 0.15) is 5.03 Å². The average Bonchev–Trinajstić information content (AvgIpc) is 2.73. The largest absolute Gasteiger partial charge is 0.343 e. The van der Waals surface area contributed by atoms with E-state index in [0.29, 0.717) is 21.9 Å². The molecule has 0 bridgehead atoms. The van der Waals surface area contributed by atoms with Gasteiger partial charge in [-0.25, -0.2) is 9.89 Å². The van der Waals surface area contributed by atoms with E-state index in [2.05, 4.69) is 20.4 Å². The molecular weight excluding hydrogens is 286 g/mol. The molecule has 0 aliphatic heterocycles. The van der Waals surface area contributed by atoms with Crippen molar-refractivity contribution in [3.63, 3.8) is 0 Å². The molecule has 0 fully saturated rings. The van der Waals surface area contributed by atoms with Crippen LogP contribution in [0, 0.1) is 13.8 Å². The normalized spacial score (nSPS) is 10.9. The Balaban J connectivity index is 2.37. The van der Waals surface area contributed by atoms with Crippen LogP contribution in [0.3, 0.4) is 0 Å². The molecule has 6 nitrogen and oxygen atoms in total. The first kappa shape index (κ1) is 14.1. The highest BCUT2D eigenvalue weighted by Crippen LogP contribution is 2.29. The number of halogens is 1. The Bertz CT molecular complexity index is 651. The Morgan fingerprint density at radius 1 is 1.32 bits per heavy atom. The number of hydrogen-bond donors (Lipinski definition) is 1. The summed E-state index contributed by atoms with van der Waals surface area (Å²) >= 11 is 7.23. The second kappa shape index (κ2) is 5.75. The lowest BCUT2D eigenvalue weighted by atomic mass is 10.2. The topological polar surface area (TPSA) is 76.5 Å². The van der Waals surface area contributed by atoms with Gasteiger partial charge in [0.15, 0.2) is 10.3 Å². The highest BCUT2D eigenvalue weighted by molar-refractivity contribution is 7.99. The van der Waals surface area contributed by atoms with Crippen molar-refractivity contribution in [2.24, 2.45) is 0 Å². The fraction of sp³-hybridized carbons (Fsp3) is 0.455. The first-order chi connectivity index (χ1) is 9.04. The van der Waals surface area contributed by atoms with E-state index in [4.69, 9.17) is 11.6 Å². The quantitative estimate of drug-likeness (QED) is 0.936. The second-order valence-corrected chi connectivity index (χ2v) is 5.42. The molecule has 19 heavy (non-hydrogen) atoms. The molecule has 0 amide bonds. The summed E-state index contributed by atoms with van der Waals surface area (Å²) < 4.78 is 1.59. The average molecular weight is 300 g/mol. The number of hydrogen-bond acceptors (Lipinski definition) is 5. The minimum absolute atomic E-state index is 0.208. The van der Waals surface area contributed by atoms with Crippen LogP contribution in [0.1, 0.15) is 24.5 Å². The van der Waals surface area contributed by atoms with E-state index >= 15 is 0 Å². The van der Waals surface area contributed by atoms with Crippen molar-refractivity contribution in [3.8, 4) is 0 Å². The third kappa shape index (κ3) is 2.82. The van der Waals surface area contributed by atoms with Crippen LogP contribution in [0.2, 0.25) is 5.15 Å². The van der Waals surface area contributed by atoms with Crippen LogP contribution < -0.4 is 5.69 Å². The smallest absolute Gasteiger partial charge is 0.270 e. The van der Waals surface area contributed by atoms with Crippen molar-refractivity contribution >= 4 is 23.4 Å². The Morgan fingerprint density at radius 2 is 2.05 bits per heavy atom. The maximum atomic E-state index is 11.6. The summed E-state index contributed by atoms with van der Waals surface area (Å²) in [7, 11) is 0. The number of nitrogens with zero attached hydrogens (tertiary/aromatic N) is 4. The lowest BCUT2D eigenvalue weighted by Gasteiger charge is -2.07. The molecule has 2 heterocycles. The molecule has 0 saturated heterocycles. The monoisotopic (exact) mass is 299 g/mol. The maximum absolute atomic E-state index is 11.6. The summed E-state index contributed by atoms with van der Waals surface area (Å²) in [4.78, 5) is 11.6. The third-order valence-electron chi connectivity index (χ3n) is 2.78. The zero-order chi connectivity index (χ0) is 14.0. The summed E-state index contributed by atoms with van der Waals surface area (Å²) in [5.41, 5.74) is 1.63. The Labute approximate surface area is 119 Å². The van der Waals surface area contributed by atoms with Crippen molar-refractivity contribution in [2.45, 2.75) is 43.9 Å². The van der Waals surface area contributed by atoms with Crippen molar-refractivity contribution in [2.75, 3.05) is 0 Å². The van der Waals surface area contributed by atoms with E-state index in [9.17, 15) is 4.79 Å². The molecule has 0 aliphatic rings. The molecule has 0 radical (unpaired) electrons. The number of aromatic nitrogens is 5. The van der Waals surface area contributed by atoms with Gasteiger partial charge >= 0.3 is 5.69 Å². The zero-order valence-corrected chi connectivity index (χ0v) is 12.5. The molecule has 0 aromatic carbocycles. The van der Waals surface area contributed by atoms with Gasteiger partial charge in [-0.15, -0.1) is 15.3 Å². The maximum Gasteiger partial charge on any atom is 0.343 e. The number of nitrogens with one attached hydrogen (secondary N) is 1. The highest BCUT2D eigenvalue weighted by Gasteiger charge is 2.14. The van der Waals surface area contributed by atoms with Crippen LogP contribution in [-0.2, 0) is 6.54 Å². The van der Waals surface area contributed by atoms with Crippen molar-refractivity contribution < 1.29 is 0 Å². The van der Waals surface area contributed by atoms with Gasteiger partial charge in [0.25, 0.3) is 0 Å². The van der Waals surface area contributed by atoms with Crippen molar-refractivity contribution in [1.82, 2.24) is 25.0 Å². The van der Waals surface area contributed by atoms with Gasteiger partial charge in [-0.2, -0.15) is 0 Å². The van der Waals surface area contributed by atoms with Gasteiger partial charge in [-0.3, -0.25) is 4.57 Å². The summed E-state index contributed by atoms with van der Waals surface area (Å²) in [6.07, 6.45) is 0.858. The number of aromatic amines is 1. The van der Waals surface area contributed by atoms with E-state index in [-0.39, 0.29) is 5.69 Å². The third-order valence-corrected chi connectivity index (χ3v) is 4.21. The molecule has 0 aliphatic carbocycles. The Morgan fingerprint density at radius 3 is 2.74 bits per heavy atom. The van der Waals surface area contributed by atoms with Gasteiger partial charge in [0.2, 0.25) is 0 Å². The second-order valence-electron chi connectivity index (χ2n) is 4.11. The molecule has 8 heteroatoms. The van der Waals surface area contributed by atoms with Crippen LogP contribution >= 0.6 is 23.4 Å². The van der Waals surface area contributed by atoms with Gasteiger partial charge in [-0.05, 0) is 43.2 Å². The van der Waals surface area contributed by atoms with Crippen molar-refractivity contribution in [1.29, 1.82) is 0 Å². The molecule has 0 unspecified atom stereocenters. The van der Waals surface area contributed by atoms with Crippen LogP contribution in [0.4, 0.5) is 0 Å². The molecule has 2 aromatic heterocycles. The first-order valence-electron chi connectivity index (χ1n) is 5.87. The van der Waals surface area contributed by atoms with E-state index in [1.807, 2.05) is 20.8 Å². The lowest BCUT2D eigenvalue weighted by Crippen LogP contribution is -2.17. The predicted octanol–water partition coefficient (Wildman–Crippen LogP) is 2.19. The summed E-state index contributed by atoms with van der Waals surface area (Å²) in [5.74, 6) is 0. The molecular formula is C11H14ClN5OS. The molecule has 0 saturated carbocycles. The van der Waals surface area contributed by atoms with E-state index in [0.717, 1.165) is 17.5 Å². The SMILES string of the molecule is CCCn1c(Sc2nnc(Cl)c(C)c2C)n[nH]c1=O. The molecule has 0 atom stereocenters. The Kier molecular flexibility index (Phi) is 4.26.